The van der Waals surface area contributed by atoms with Gasteiger partial charge in [0.1, 0.15) is 0 Å². The van der Waals surface area contributed by atoms with Crippen LogP contribution in [0.4, 0.5) is 0 Å². The average Bonchev–Trinajstić information content (AvgIpc) is 3.10. The van der Waals surface area contributed by atoms with E-state index in [4.69, 9.17) is 9.47 Å². The summed E-state index contributed by atoms with van der Waals surface area (Å²) in [6.07, 6.45) is 3.98. The Hall–Kier alpha value is -2.79. The Morgan fingerprint density at radius 3 is 2.36 bits per heavy atom. The van der Waals surface area contributed by atoms with Gasteiger partial charge in [-0.3, -0.25) is 4.90 Å². The molecule has 25 heavy (non-hydrogen) atoms. The fourth-order valence-corrected chi connectivity index (χ4v) is 2.82. The van der Waals surface area contributed by atoms with Crippen LogP contribution in [0.3, 0.4) is 0 Å². The Kier molecular flexibility index (Phi) is 5.36. The molecule has 3 aromatic rings. The van der Waals surface area contributed by atoms with Gasteiger partial charge in [0.15, 0.2) is 11.5 Å². The second-order valence-corrected chi connectivity index (χ2v) is 5.99. The van der Waals surface area contributed by atoms with Crippen LogP contribution in [0.15, 0.2) is 60.9 Å². The maximum atomic E-state index is 5.37. The van der Waals surface area contributed by atoms with E-state index in [0.29, 0.717) is 0 Å². The van der Waals surface area contributed by atoms with Gasteiger partial charge in [-0.1, -0.05) is 24.3 Å². The Balaban J connectivity index is 1.65. The van der Waals surface area contributed by atoms with Crippen LogP contribution in [-0.2, 0) is 13.1 Å². The molecule has 0 atom stereocenters. The van der Waals surface area contributed by atoms with E-state index in [-0.39, 0.29) is 0 Å². The summed E-state index contributed by atoms with van der Waals surface area (Å²) in [7, 11) is 5.40. The van der Waals surface area contributed by atoms with Crippen molar-refractivity contribution in [2.45, 2.75) is 13.1 Å². The number of aromatic nitrogens is 2. The minimum Gasteiger partial charge on any atom is -0.493 e. The number of nitrogens with zero attached hydrogens (tertiary/aromatic N) is 3. The van der Waals surface area contributed by atoms with Crippen molar-refractivity contribution in [2.75, 3.05) is 21.3 Å². The number of rotatable bonds is 7. The van der Waals surface area contributed by atoms with Crippen LogP contribution >= 0.6 is 0 Å². The average molecular weight is 337 g/mol. The molecule has 0 spiro atoms. The molecule has 0 N–H and O–H groups in total. The van der Waals surface area contributed by atoms with Crippen LogP contribution in [0, 0.1) is 0 Å². The zero-order valence-electron chi connectivity index (χ0n) is 14.8. The molecule has 5 heteroatoms. The summed E-state index contributed by atoms with van der Waals surface area (Å²) in [6, 6.07) is 16.1. The van der Waals surface area contributed by atoms with Gasteiger partial charge in [-0.2, -0.15) is 5.10 Å². The monoisotopic (exact) mass is 337 g/mol. The molecule has 0 unspecified atom stereocenters. The highest BCUT2D eigenvalue weighted by molar-refractivity contribution is 5.42. The van der Waals surface area contributed by atoms with Crippen molar-refractivity contribution >= 4 is 0 Å². The number of hydrogen-bond donors (Lipinski definition) is 0. The molecule has 0 radical (unpaired) electrons. The van der Waals surface area contributed by atoms with E-state index in [1.807, 2.05) is 53.3 Å². The first kappa shape index (κ1) is 17.0. The summed E-state index contributed by atoms with van der Waals surface area (Å²) in [5.41, 5.74) is 3.42. The molecule has 3 rings (SSSR count). The number of ether oxygens (including phenoxy) is 2. The predicted octanol–water partition coefficient (Wildman–Crippen LogP) is 3.52. The summed E-state index contributed by atoms with van der Waals surface area (Å²) in [4.78, 5) is 2.24. The van der Waals surface area contributed by atoms with Gasteiger partial charge < -0.3 is 9.47 Å². The highest BCUT2D eigenvalue weighted by Crippen LogP contribution is 2.28. The van der Waals surface area contributed by atoms with E-state index >= 15 is 0 Å². The maximum absolute atomic E-state index is 5.37. The van der Waals surface area contributed by atoms with E-state index in [1.165, 1.54) is 11.1 Å². The predicted molar refractivity (Wildman–Crippen MR) is 98.3 cm³/mol. The standard InChI is InChI=1S/C20H23N3O2/c1-22(13-16-9-10-19(24-2)20(11-16)25-3)14-17-12-21-23(15-17)18-7-5-4-6-8-18/h4-12,15H,13-14H2,1-3H3. The zero-order chi connectivity index (χ0) is 17.6. The minimum absolute atomic E-state index is 0.748. The van der Waals surface area contributed by atoms with Gasteiger partial charge in [-0.15, -0.1) is 0 Å². The molecule has 0 saturated carbocycles. The summed E-state index contributed by atoms with van der Waals surface area (Å²) in [5.74, 6) is 1.50. The van der Waals surface area contributed by atoms with Gasteiger partial charge in [-0.05, 0) is 36.9 Å². The van der Waals surface area contributed by atoms with Crippen molar-refractivity contribution in [3.63, 3.8) is 0 Å². The number of para-hydroxylation sites is 1. The lowest BCUT2D eigenvalue weighted by Gasteiger charge is -2.17. The molecule has 1 heterocycles. The third-order valence-electron chi connectivity index (χ3n) is 4.01. The van der Waals surface area contributed by atoms with Crippen LogP contribution in [0.2, 0.25) is 0 Å². The summed E-state index contributed by atoms with van der Waals surface area (Å²) in [5, 5.41) is 4.45. The molecule has 0 aliphatic carbocycles. The Labute approximate surface area is 148 Å². The van der Waals surface area contributed by atoms with E-state index < -0.39 is 0 Å². The first-order valence-electron chi connectivity index (χ1n) is 8.18. The molecule has 0 amide bonds. The lowest BCUT2D eigenvalue weighted by Crippen LogP contribution is -2.17. The van der Waals surface area contributed by atoms with Gasteiger partial charge in [0.05, 0.1) is 26.1 Å². The molecule has 1 aromatic heterocycles. The summed E-state index contributed by atoms with van der Waals surface area (Å²) < 4.78 is 12.6. The van der Waals surface area contributed by atoms with Crippen LogP contribution in [-0.4, -0.2) is 35.9 Å². The van der Waals surface area contributed by atoms with Crippen LogP contribution < -0.4 is 9.47 Å². The number of benzene rings is 2. The normalized spacial score (nSPS) is 10.9. The number of hydrogen-bond acceptors (Lipinski definition) is 4. The molecule has 2 aromatic carbocycles. The highest BCUT2D eigenvalue weighted by Gasteiger charge is 2.08. The van der Waals surface area contributed by atoms with Crippen molar-refractivity contribution in [3.8, 4) is 17.2 Å². The van der Waals surface area contributed by atoms with Crippen molar-refractivity contribution in [3.05, 3.63) is 72.1 Å². The fraction of sp³-hybridized carbons (Fsp3) is 0.250. The first-order valence-corrected chi connectivity index (χ1v) is 8.18. The van der Waals surface area contributed by atoms with Crippen molar-refractivity contribution < 1.29 is 9.47 Å². The number of methoxy groups -OCH3 is 2. The van der Waals surface area contributed by atoms with Crippen LogP contribution in [0.1, 0.15) is 11.1 Å². The van der Waals surface area contributed by atoms with Gasteiger partial charge in [-0.25, -0.2) is 4.68 Å². The molecule has 0 bridgehead atoms. The minimum atomic E-state index is 0.748. The van der Waals surface area contributed by atoms with Crippen molar-refractivity contribution in [2.24, 2.45) is 0 Å². The SMILES string of the molecule is COc1ccc(CN(C)Cc2cnn(-c3ccccc3)c2)cc1OC. The lowest BCUT2D eigenvalue weighted by molar-refractivity contribution is 0.316. The Bertz CT molecular complexity index is 815. The van der Waals surface area contributed by atoms with Gasteiger partial charge in [0.25, 0.3) is 0 Å². The van der Waals surface area contributed by atoms with Gasteiger partial charge in [0, 0.05) is 24.8 Å². The zero-order valence-corrected chi connectivity index (χ0v) is 14.8. The second kappa shape index (κ2) is 7.85. The quantitative estimate of drug-likeness (QED) is 0.661. The van der Waals surface area contributed by atoms with Crippen LogP contribution in [0.5, 0.6) is 11.5 Å². The Morgan fingerprint density at radius 2 is 1.64 bits per heavy atom. The van der Waals surface area contributed by atoms with Gasteiger partial charge >= 0.3 is 0 Å². The molecule has 130 valence electrons. The van der Waals surface area contributed by atoms with Crippen LogP contribution in [0.25, 0.3) is 5.69 Å². The molecule has 0 saturated heterocycles. The highest BCUT2D eigenvalue weighted by atomic mass is 16.5. The molecular weight excluding hydrogens is 314 g/mol. The van der Waals surface area contributed by atoms with Crippen molar-refractivity contribution in [1.29, 1.82) is 0 Å². The van der Waals surface area contributed by atoms with E-state index in [9.17, 15) is 0 Å². The molecule has 0 aliphatic heterocycles. The molecular formula is C20H23N3O2. The largest absolute Gasteiger partial charge is 0.493 e. The topological polar surface area (TPSA) is 39.5 Å². The molecule has 0 fully saturated rings. The van der Waals surface area contributed by atoms with E-state index in [1.54, 1.807) is 14.2 Å². The fourth-order valence-electron chi connectivity index (χ4n) is 2.82. The second-order valence-electron chi connectivity index (χ2n) is 5.99. The van der Waals surface area contributed by atoms with E-state index in [2.05, 4.69) is 29.3 Å². The maximum Gasteiger partial charge on any atom is 0.161 e. The smallest absolute Gasteiger partial charge is 0.161 e. The third kappa shape index (κ3) is 4.19. The molecule has 5 nitrogen and oxygen atoms in total. The first-order chi connectivity index (χ1) is 12.2. The summed E-state index contributed by atoms with van der Waals surface area (Å²) >= 11 is 0. The summed E-state index contributed by atoms with van der Waals surface area (Å²) in [6.45, 7) is 1.64. The molecule has 0 aliphatic rings. The van der Waals surface area contributed by atoms with Crippen molar-refractivity contribution in [1.82, 2.24) is 14.7 Å². The van der Waals surface area contributed by atoms with E-state index in [0.717, 1.165) is 30.3 Å². The third-order valence-corrected chi connectivity index (χ3v) is 4.01. The Morgan fingerprint density at radius 1 is 0.920 bits per heavy atom. The lowest BCUT2D eigenvalue weighted by atomic mass is 10.2. The van der Waals surface area contributed by atoms with Gasteiger partial charge in [0.2, 0.25) is 0 Å².